The standard InChI is InChI=1S/C36H45BrN4O5/c1-5-20-39(26-14-10-9-11-15-26)33(43)29-30-34(44)41(22-12-13-23-42)32(36(30)24-28(37)31(29)46-36)35(45)40(21-6-2)27-18-16-25(17-19-27)38(7-3)8-4/h5-6,9-11,14-19,28-32,42H,1-2,7-8,12-13,20-24H2,3-4H3/t28?,29-,30+,31-,32?,36?/m1/s1. The normalized spacial score (nSPS) is 26.1. The van der Waals surface area contributed by atoms with Crippen molar-refractivity contribution in [1.29, 1.82) is 0 Å². The van der Waals surface area contributed by atoms with Crippen LogP contribution in [-0.2, 0) is 19.1 Å². The first-order valence-corrected chi connectivity index (χ1v) is 17.2. The Labute approximate surface area is 280 Å². The Morgan fingerprint density at radius 2 is 1.54 bits per heavy atom. The number of fused-ring (bicyclic) bond motifs is 1. The number of anilines is 3. The van der Waals surface area contributed by atoms with Gasteiger partial charge in [0, 0.05) is 61.2 Å². The lowest BCUT2D eigenvalue weighted by Crippen LogP contribution is -2.57. The van der Waals surface area contributed by atoms with Crippen LogP contribution in [0.3, 0.4) is 0 Å². The maximum absolute atomic E-state index is 14.8. The summed E-state index contributed by atoms with van der Waals surface area (Å²) in [4.78, 5) is 50.7. The van der Waals surface area contributed by atoms with Crippen LogP contribution in [0.15, 0.2) is 79.9 Å². The molecule has 3 saturated heterocycles. The van der Waals surface area contributed by atoms with Gasteiger partial charge in [0.15, 0.2) is 0 Å². The van der Waals surface area contributed by atoms with Crippen molar-refractivity contribution in [3.63, 3.8) is 0 Å². The molecule has 0 aromatic heterocycles. The van der Waals surface area contributed by atoms with E-state index in [4.69, 9.17) is 4.74 Å². The maximum Gasteiger partial charge on any atom is 0.253 e. The molecule has 3 unspecified atom stereocenters. The van der Waals surface area contributed by atoms with Crippen LogP contribution in [0.2, 0.25) is 0 Å². The molecule has 3 aliphatic rings. The predicted molar refractivity (Wildman–Crippen MR) is 185 cm³/mol. The Morgan fingerprint density at radius 3 is 2.13 bits per heavy atom. The van der Waals surface area contributed by atoms with E-state index in [1.807, 2.05) is 54.6 Å². The summed E-state index contributed by atoms with van der Waals surface area (Å²) in [6.07, 6.45) is 4.19. The average molecular weight is 694 g/mol. The molecular formula is C36H45BrN4O5. The number of carbonyl (C=O) groups is 3. The minimum Gasteiger partial charge on any atom is -0.396 e. The van der Waals surface area contributed by atoms with Gasteiger partial charge in [-0.25, -0.2) is 0 Å². The third-order valence-corrected chi connectivity index (χ3v) is 10.5. The zero-order valence-corrected chi connectivity index (χ0v) is 28.3. The van der Waals surface area contributed by atoms with Gasteiger partial charge in [0.2, 0.25) is 11.8 Å². The molecule has 1 N–H and O–H groups in total. The van der Waals surface area contributed by atoms with Gasteiger partial charge < -0.3 is 29.4 Å². The average Bonchev–Trinajstić information content (AvgIpc) is 3.66. The monoisotopic (exact) mass is 692 g/mol. The highest BCUT2D eigenvalue weighted by molar-refractivity contribution is 9.09. The number of likely N-dealkylation sites (tertiary alicyclic amines) is 1. The van der Waals surface area contributed by atoms with Crippen molar-refractivity contribution in [3.8, 4) is 0 Å². The van der Waals surface area contributed by atoms with Gasteiger partial charge >= 0.3 is 0 Å². The van der Waals surface area contributed by atoms with Crippen LogP contribution in [0.5, 0.6) is 0 Å². The minimum atomic E-state index is -1.19. The topological polar surface area (TPSA) is 93.6 Å². The molecule has 2 aromatic carbocycles. The van der Waals surface area contributed by atoms with E-state index >= 15 is 0 Å². The molecule has 246 valence electrons. The van der Waals surface area contributed by atoms with Crippen molar-refractivity contribution in [2.75, 3.05) is 54.0 Å². The molecule has 1 spiro atoms. The maximum atomic E-state index is 14.8. The van der Waals surface area contributed by atoms with E-state index in [2.05, 4.69) is 47.8 Å². The Kier molecular flexibility index (Phi) is 10.7. The van der Waals surface area contributed by atoms with E-state index in [-0.39, 0.29) is 48.8 Å². The Balaban J connectivity index is 1.55. The summed E-state index contributed by atoms with van der Waals surface area (Å²) < 4.78 is 6.77. The number of benzene rings is 2. The van der Waals surface area contributed by atoms with Crippen LogP contribution < -0.4 is 14.7 Å². The number of para-hydroxylation sites is 1. The first-order chi connectivity index (χ1) is 22.3. The summed E-state index contributed by atoms with van der Waals surface area (Å²) in [5, 5.41) is 9.54. The van der Waals surface area contributed by atoms with E-state index in [1.165, 1.54) is 0 Å². The SMILES string of the molecule is C=CCN(C(=O)C1N(CCCCO)C(=O)[C@@H]2[C@@H](C(=O)N(CC=C)c3ccccc3)[C@@H]3OC12CC3Br)c1ccc(N(CC)CC)cc1. The number of halogens is 1. The predicted octanol–water partition coefficient (Wildman–Crippen LogP) is 4.79. The largest absolute Gasteiger partial charge is 0.396 e. The van der Waals surface area contributed by atoms with Crippen LogP contribution >= 0.6 is 15.9 Å². The molecule has 2 aromatic rings. The van der Waals surface area contributed by atoms with Crippen LogP contribution in [-0.4, -0.2) is 89.6 Å². The number of aliphatic hydroxyl groups excluding tert-OH is 1. The molecule has 0 saturated carbocycles. The summed E-state index contributed by atoms with van der Waals surface area (Å²) in [5.41, 5.74) is 1.27. The van der Waals surface area contributed by atoms with Crippen molar-refractivity contribution >= 4 is 50.7 Å². The minimum absolute atomic E-state index is 0.0204. The van der Waals surface area contributed by atoms with Crippen molar-refractivity contribution < 1.29 is 24.2 Å². The van der Waals surface area contributed by atoms with E-state index in [1.54, 1.807) is 26.9 Å². The van der Waals surface area contributed by atoms with Crippen LogP contribution in [0.1, 0.15) is 33.1 Å². The number of unbranched alkanes of at least 4 members (excludes halogenated alkanes) is 1. The lowest BCUT2D eigenvalue weighted by Gasteiger charge is -2.37. The van der Waals surface area contributed by atoms with Gasteiger partial charge in [0.05, 0.1) is 17.9 Å². The molecule has 3 amide bonds. The second-order valence-corrected chi connectivity index (χ2v) is 13.3. The number of amides is 3. The number of aliphatic hydroxyl groups is 1. The Morgan fingerprint density at radius 1 is 0.957 bits per heavy atom. The third-order valence-electron chi connectivity index (χ3n) is 9.63. The summed E-state index contributed by atoms with van der Waals surface area (Å²) in [5.74, 6) is -2.36. The van der Waals surface area contributed by atoms with E-state index in [0.29, 0.717) is 30.6 Å². The number of nitrogens with zero attached hydrogens (tertiary/aromatic N) is 4. The molecular weight excluding hydrogens is 648 g/mol. The highest BCUT2D eigenvalue weighted by Crippen LogP contribution is 2.60. The van der Waals surface area contributed by atoms with Gasteiger partial charge in [-0.1, -0.05) is 46.3 Å². The number of alkyl halides is 1. The molecule has 2 bridgehead atoms. The number of hydrogen-bond donors (Lipinski definition) is 1. The van der Waals surface area contributed by atoms with Crippen LogP contribution in [0.25, 0.3) is 0 Å². The lowest BCUT2D eigenvalue weighted by atomic mass is 9.70. The van der Waals surface area contributed by atoms with Crippen molar-refractivity contribution in [3.05, 3.63) is 79.9 Å². The second kappa shape index (κ2) is 14.5. The van der Waals surface area contributed by atoms with Crippen molar-refractivity contribution in [2.45, 2.75) is 55.7 Å². The number of ether oxygens (including phenoxy) is 1. The highest BCUT2D eigenvalue weighted by atomic mass is 79.9. The molecule has 0 radical (unpaired) electrons. The fourth-order valence-electron chi connectivity index (χ4n) is 7.60. The molecule has 3 heterocycles. The number of rotatable bonds is 15. The van der Waals surface area contributed by atoms with Gasteiger partial charge in [-0.15, -0.1) is 13.2 Å². The first kappa shape index (κ1) is 33.9. The summed E-state index contributed by atoms with van der Waals surface area (Å²) in [6.45, 7) is 14.5. The van der Waals surface area contributed by atoms with Gasteiger partial charge in [0.1, 0.15) is 11.6 Å². The summed E-state index contributed by atoms with van der Waals surface area (Å²) in [7, 11) is 0. The molecule has 6 atom stereocenters. The van der Waals surface area contributed by atoms with Crippen LogP contribution in [0, 0.1) is 11.8 Å². The zero-order valence-electron chi connectivity index (χ0n) is 26.8. The fourth-order valence-corrected chi connectivity index (χ4v) is 8.54. The Hall–Kier alpha value is -3.47. The van der Waals surface area contributed by atoms with Crippen molar-refractivity contribution in [1.82, 2.24) is 4.90 Å². The molecule has 3 aliphatic heterocycles. The summed E-state index contributed by atoms with van der Waals surface area (Å²) >= 11 is 3.78. The molecule has 3 fully saturated rings. The van der Waals surface area contributed by atoms with Gasteiger partial charge in [-0.2, -0.15) is 0 Å². The number of carbonyl (C=O) groups excluding carboxylic acids is 3. The molecule has 0 aliphatic carbocycles. The third kappa shape index (κ3) is 5.91. The van der Waals surface area contributed by atoms with E-state index in [9.17, 15) is 19.5 Å². The van der Waals surface area contributed by atoms with E-state index in [0.717, 1.165) is 18.8 Å². The highest BCUT2D eigenvalue weighted by Gasteiger charge is 2.77. The molecule has 5 rings (SSSR count). The molecule has 9 nitrogen and oxygen atoms in total. The van der Waals surface area contributed by atoms with Crippen LogP contribution in [0.4, 0.5) is 17.1 Å². The van der Waals surface area contributed by atoms with Crippen molar-refractivity contribution in [2.24, 2.45) is 11.8 Å². The van der Waals surface area contributed by atoms with Gasteiger partial charge in [-0.3, -0.25) is 14.4 Å². The van der Waals surface area contributed by atoms with E-state index < -0.39 is 29.6 Å². The molecule has 10 heteroatoms. The lowest BCUT2D eigenvalue weighted by molar-refractivity contribution is -0.140. The first-order valence-electron chi connectivity index (χ1n) is 16.3. The second-order valence-electron chi connectivity index (χ2n) is 12.1. The fraction of sp³-hybridized carbons (Fsp3) is 0.472. The summed E-state index contributed by atoms with van der Waals surface area (Å²) in [6, 6.07) is 16.3. The number of hydrogen-bond acceptors (Lipinski definition) is 6. The zero-order chi connectivity index (χ0) is 33.0. The smallest absolute Gasteiger partial charge is 0.253 e. The Bertz CT molecular complexity index is 1420. The van der Waals surface area contributed by atoms with Gasteiger partial charge in [-0.05, 0) is 69.5 Å². The molecule has 46 heavy (non-hydrogen) atoms. The van der Waals surface area contributed by atoms with Gasteiger partial charge in [0.25, 0.3) is 5.91 Å². The quantitative estimate of drug-likeness (QED) is 0.164.